The molecule has 1 amide bonds. The number of amides is 1. The Morgan fingerprint density at radius 1 is 1.16 bits per heavy atom. The van der Waals surface area contributed by atoms with E-state index in [-0.39, 0.29) is 29.8 Å². The molecule has 0 bridgehead atoms. The van der Waals surface area contributed by atoms with Crippen molar-refractivity contribution in [2.75, 3.05) is 17.9 Å². The highest BCUT2D eigenvalue weighted by molar-refractivity contribution is 7.99. The third-order valence-corrected chi connectivity index (χ3v) is 5.43. The van der Waals surface area contributed by atoms with Gasteiger partial charge >= 0.3 is 0 Å². The van der Waals surface area contributed by atoms with Gasteiger partial charge in [0, 0.05) is 17.3 Å². The molecule has 1 aliphatic heterocycles. The molecule has 0 aliphatic carbocycles. The highest BCUT2D eigenvalue weighted by Gasteiger charge is 2.16. The molecule has 11 heteroatoms. The van der Waals surface area contributed by atoms with Gasteiger partial charge in [-0.25, -0.2) is 14.0 Å². The summed E-state index contributed by atoms with van der Waals surface area (Å²) in [5.41, 5.74) is 1.57. The third kappa shape index (κ3) is 3.82. The van der Waals surface area contributed by atoms with Crippen LogP contribution in [0.25, 0.3) is 16.8 Å². The van der Waals surface area contributed by atoms with Crippen molar-refractivity contribution in [2.24, 2.45) is 0 Å². The van der Waals surface area contributed by atoms with Crippen LogP contribution in [-0.4, -0.2) is 38.3 Å². The number of carbonyl (C=O) groups excluding carboxylic acids is 1. The summed E-state index contributed by atoms with van der Waals surface area (Å²) in [6.07, 6.45) is 0. The lowest BCUT2D eigenvalue weighted by Crippen LogP contribution is -2.17. The van der Waals surface area contributed by atoms with Crippen LogP contribution in [-0.2, 0) is 4.79 Å². The summed E-state index contributed by atoms with van der Waals surface area (Å²) >= 11 is 1.11. The molecule has 0 fully saturated rings. The lowest BCUT2D eigenvalue weighted by Gasteiger charge is -2.06. The summed E-state index contributed by atoms with van der Waals surface area (Å²) in [4.78, 5) is 24.5. The van der Waals surface area contributed by atoms with E-state index in [1.54, 1.807) is 36.4 Å². The monoisotopic (exact) mass is 439 g/mol. The fourth-order valence-electron chi connectivity index (χ4n) is 3.05. The average Bonchev–Trinajstić information content (AvgIpc) is 3.41. The van der Waals surface area contributed by atoms with Crippen LogP contribution in [0.4, 0.5) is 10.1 Å². The van der Waals surface area contributed by atoms with Gasteiger partial charge in [0.2, 0.25) is 17.9 Å². The van der Waals surface area contributed by atoms with Crippen LogP contribution in [0.1, 0.15) is 0 Å². The molecule has 2 N–H and O–H groups in total. The van der Waals surface area contributed by atoms with Gasteiger partial charge in [0.25, 0.3) is 5.56 Å². The maximum absolute atomic E-state index is 13.2. The first-order valence-electron chi connectivity index (χ1n) is 9.13. The van der Waals surface area contributed by atoms with E-state index in [4.69, 9.17) is 9.47 Å². The Morgan fingerprint density at radius 2 is 1.97 bits per heavy atom. The second-order valence-electron chi connectivity index (χ2n) is 6.57. The summed E-state index contributed by atoms with van der Waals surface area (Å²) < 4.78 is 25.1. The summed E-state index contributed by atoms with van der Waals surface area (Å²) in [6.45, 7) is 0.153. The molecule has 9 nitrogen and oxygen atoms in total. The molecule has 3 heterocycles. The van der Waals surface area contributed by atoms with Gasteiger partial charge in [0.1, 0.15) is 11.3 Å². The second kappa shape index (κ2) is 7.76. The van der Waals surface area contributed by atoms with Crippen molar-refractivity contribution in [1.29, 1.82) is 0 Å². The number of aromatic nitrogens is 4. The highest BCUT2D eigenvalue weighted by Crippen LogP contribution is 2.34. The SMILES string of the molecule is O=C(CSc1n[nH]c(=O)c2cc(-c3ccc(F)cc3)nn12)Nc1ccc2c(c1)OCO2. The summed E-state index contributed by atoms with van der Waals surface area (Å²) in [7, 11) is 0. The fourth-order valence-corrected chi connectivity index (χ4v) is 3.75. The second-order valence-corrected chi connectivity index (χ2v) is 7.52. The van der Waals surface area contributed by atoms with Crippen molar-refractivity contribution in [3.05, 3.63) is 64.7 Å². The molecule has 5 rings (SSSR count). The van der Waals surface area contributed by atoms with Gasteiger partial charge in [0.05, 0.1) is 11.4 Å². The van der Waals surface area contributed by atoms with E-state index in [2.05, 4.69) is 20.6 Å². The molecule has 2 aromatic carbocycles. The number of carbonyl (C=O) groups is 1. The van der Waals surface area contributed by atoms with Crippen molar-refractivity contribution < 1.29 is 18.7 Å². The zero-order valence-electron chi connectivity index (χ0n) is 15.8. The molecule has 0 unspecified atom stereocenters. The van der Waals surface area contributed by atoms with Crippen LogP contribution in [0.5, 0.6) is 11.5 Å². The minimum Gasteiger partial charge on any atom is -0.454 e. The highest BCUT2D eigenvalue weighted by atomic mass is 32.2. The van der Waals surface area contributed by atoms with Crippen molar-refractivity contribution in [3.63, 3.8) is 0 Å². The first-order valence-corrected chi connectivity index (χ1v) is 10.1. The third-order valence-electron chi connectivity index (χ3n) is 4.50. The number of benzene rings is 2. The number of fused-ring (bicyclic) bond motifs is 2. The van der Waals surface area contributed by atoms with Gasteiger partial charge in [-0.3, -0.25) is 9.59 Å². The van der Waals surface area contributed by atoms with E-state index >= 15 is 0 Å². The van der Waals surface area contributed by atoms with Crippen LogP contribution in [0.15, 0.2) is 58.5 Å². The zero-order chi connectivity index (χ0) is 21.4. The first kappa shape index (κ1) is 19.1. The van der Waals surface area contributed by atoms with Crippen LogP contribution >= 0.6 is 11.8 Å². The molecule has 2 aromatic heterocycles. The molecule has 0 saturated carbocycles. The lowest BCUT2D eigenvalue weighted by atomic mass is 10.1. The molecular weight excluding hydrogens is 425 g/mol. The van der Waals surface area contributed by atoms with Gasteiger partial charge in [-0.15, -0.1) is 5.10 Å². The predicted octanol–water partition coefficient (Wildman–Crippen LogP) is 2.68. The Morgan fingerprint density at radius 3 is 2.81 bits per heavy atom. The van der Waals surface area contributed by atoms with E-state index < -0.39 is 5.56 Å². The van der Waals surface area contributed by atoms with Crippen molar-refractivity contribution >= 4 is 28.9 Å². The smallest absolute Gasteiger partial charge is 0.290 e. The van der Waals surface area contributed by atoms with Gasteiger partial charge in [-0.1, -0.05) is 11.8 Å². The number of hydrogen-bond acceptors (Lipinski definition) is 7. The zero-order valence-corrected chi connectivity index (χ0v) is 16.6. The maximum atomic E-state index is 13.2. The van der Waals surface area contributed by atoms with Crippen LogP contribution < -0.4 is 20.3 Å². The number of anilines is 1. The Hall–Kier alpha value is -3.86. The Balaban J connectivity index is 1.34. The summed E-state index contributed by atoms with van der Waals surface area (Å²) in [6, 6.07) is 12.5. The first-order chi connectivity index (χ1) is 15.1. The number of rotatable bonds is 5. The number of nitrogens with one attached hydrogen (secondary N) is 2. The molecule has 0 radical (unpaired) electrons. The largest absolute Gasteiger partial charge is 0.454 e. The Labute approximate surface area is 178 Å². The van der Waals surface area contributed by atoms with Gasteiger partial charge in [0.15, 0.2) is 11.5 Å². The predicted molar refractivity (Wildman–Crippen MR) is 111 cm³/mol. The van der Waals surface area contributed by atoms with E-state index in [1.165, 1.54) is 16.6 Å². The van der Waals surface area contributed by atoms with E-state index in [1.807, 2.05) is 0 Å². The van der Waals surface area contributed by atoms with Crippen LogP contribution in [0.3, 0.4) is 0 Å². The molecule has 0 atom stereocenters. The van der Waals surface area contributed by atoms with E-state index in [0.717, 1.165) is 11.8 Å². The minimum atomic E-state index is -0.421. The Kier molecular flexibility index (Phi) is 4.79. The quantitative estimate of drug-likeness (QED) is 0.460. The fraction of sp³-hybridized carbons (Fsp3) is 0.100. The normalized spacial score (nSPS) is 12.3. The van der Waals surface area contributed by atoms with Crippen molar-refractivity contribution in [3.8, 4) is 22.8 Å². The summed E-state index contributed by atoms with van der Waals surface area (Å²) in [5.74, 6) is 0.601. The molecule has 156 valence electrons. The van der Waals surface area contributed by atoms with Crippen LogP contribution in [0, 0.1) is 5.82 Å². The minimum absolute atomic E-state index is 0.0360. The number of nitrogens with zero attached hydrogens (tertiary/aromatic N) is 3. The number of aromatic amines is 1. The summed E-state index contributed by atoms with van der Waals surface area (Å²) in [5, 5.41) is 13.9. The molecule has 0 saturated heterocycles. The van der Waals surface area contributed by atoms with E-state index in [9.17, 15) is 14.0 Å². The standard InChI is InChI=1S/C20H14FN5O4S/c21-12-3-1-11(2-4-12)14-8-15-19(28)23-24-20(26(15)25-14)31-9-18(27)22-13-5-6-16-17(7-13)30-10-29-16/h1-8H,9-10H2,(H,22,27)(H,23,28). The van der Waals surface area contributed by atoms with Crippen molar-refractivity contribution in [2.45, 2.75) is 5.16 Å². The number of hydrogen-bond donors (Lipinski definition) is 2. The number of ether oxygens (including phenoxy) is 2. The number of halogens is 1. The van der Waals surface area contributed by atoms with E-state index in [0.29, 0.717) is 33.6 Å². The molecule has 4 aromatic rings. The average molecular weight is 439 g/mol. The maximum Gasteiger partial charge on any atom is 0.290 e. The molecule has 1 aliphatic rings. The van der Waals surface area contributed by atoms with Crippen molar-refractivity contribution in [1.82, 2.24) is 19.8 Å². The number of thioether (sulfide) groups is 1. The lowest BCUT2D eigenvalue weighted by molar-refractivity contribution is -0.113. The Bertz CT molecular complexity index is 1350. The van der Waals surface area contributed by atoms with Gasteiger partial charge in [-0.05, 0) is 42.5 Å². The van der Waals surface area contributed by atoms with Crippen LogP contribution in [0.2, 0.25) is 0 Å². The topological polar surface area (TPSA) is 111 Å². The van der Waals surface area contributed by atoms with Gasteiger partial charge in [-0.2, -0.15) is 5.10 Å². The molecule has 31 heavy (non-hydrogen) atoms. The molecular formula is C20H14FN5O4S. The van der Waals surface area contributed by atoms with Gasteiger partial charge < -0.3 is 14.8 Å². The number of H-pyrrole nitrogens is 1. The molecule has 0 spiro atoms.